The molecule has 1 aromatic carbocycles. The van der Waals surface area contributed by atoms with E-state index in [1.807, 2.05) is 30.3 Å². The van der Waals surface area contributed by atoms with Crippen LogP contribution in [0.3, 0.4) is 0 Å². The lowest BCUT2D eigenvalue weighted by atomic mass is 9.98. The Morgan fingerprint density at radius 3 is 2.42 bits per heavy atom. The second kappa shape index (κ2) is 7.36. The molecule has 19 heavy (non-hydrogen) atoms. The molecule has 0 aliphatic heterocycles. The molecule has 1 rings (SSSR count). The molecule has 0 spiro atoms. The van der Waals surface area contributed by atoms with Crippen LogP contribution in [0.1, 0.15) is 25.3 Å². The Balaban J connectivity index is 2.56. The maximum atomic E-state index is 11.9. The van der Waals surface area contributed by atoms with Crippen molar-refractivity contribution in [1.29, 1.82) is 0 Å². The van der Waals surface area contributed by atoms with Crippen LogP contribution in [0.25, 0.3) is 0 Å². The topological polar surface area (TPSA) is 63.6 Å². The molecule has 0 saturated carbocycles. The van der Waals surface area contributed by atoms with Crippen LogP contribution >= 0.6 is 0 Å². The van der Waals surface area contributed by atoms with Crippen LogP contribution < -0.4 is 0 Å². The van der Waals surface area contributed by atoms with Crippen molar-refractivity contribution in [1.82, 2.24) is 0 Å². The van der Waals surface area contributed by atoms with E-state index in [-0.39, 0.29) is 13.0 Å². The fourth-order valence-electron chi connectivity index (χ4n) is 1.72. The first-order valence-electron chi connectivity index (χ1n) is 6.05. The molecule has 0 aromatic heterocycles. The maximum absolute atomic E-state index is 11.9. The normalized spacial score (nSPS) is 11.6. The van der Waals surface area contributed by atoms with E-state index in [0.29, 0.717) is 6.42 Å². The van der Waals surface area contributed by atoms with Crippen molar-refractivity contribution < 1.29 is 19.4 Å². The number of carboxylic acid groups (broad SMARTS) is 1. The van der Waals surface area contributed by atoms with Crippen LogP contribution in [-0.4, -0.2) is 17.0 Å². The Morgan fingerprint density at radius 2 is 1.89 bits per heavy atom. The minimum Gasteiger partial charge on any atom is -0.481 e. The Hall–Kier alpha value is -2.10. The third-order valence-electron chi connectivity index (χ3n) is 2.57. The van der Waals surface area contributed by atoms with Crippen LogP contribution in [0, 0.1) is 5.92 Å². The van der Waals surface area contributed by atoms with Crippen LogP contribution in [-0.2, 0) is 20.9 Å². The zero-order valence-electron chi connectivity index (χ0n) is 11.0. The molecule has 1 atom stereocenters. The van der Waals surface area contributed by atoms with Gasteiger partial charge in [-0.25, -0.2) is 0 Å². The van der Waals surface area contributed by atoms with Crippen molar-refractivity contribution in [3.63, 3.8) is 0 Å². The van der Waals surface area contributed by atoms with Gasteiger partial charge >= 0.3 is 11.9 Å². The van der Waals surface area contributed by atoms with Crippen molar-refractivity contribution in [2.24, 2.45) is 5.92 Å². The summed E-state index contributed by atoms with van der Waals surface area (Å²) in [7, 11) is 0. The molecule has 0 unspecified atom stereocenters. The van der Waals surface area contributed by atoms with Crippen molar-refractivity contribution in [2.75, 3.05) is 0 Å². The largest absolute Gasteiger partial charge is 0.481 e. The summed E-state index contributed by atoms with van der Waals surface area (Å²) in [5, 5.41) is 8.79. The number of hydrogen-bond donors (Lipinski definition) is 1. The van der Waals surface area contributed by atoms with E-state index in [2.05, 4.69) is 6.58 Å². The number of carboxylic acids is 1. The number of benzene rings is 1. The second-order valence-corrected chi connectivity index (χ2v) is 4.55. The van der Waals surface area contributed by atoms with Crippen molar-refractivity contribution >= 4 is 11.9 Å². The number of carbonyl (C=O) groups is 2. The van der Waals surface area contributed by atoms with E-state index in [1.54, 1.807) is 6.92 Å². The third-order valence-corrected chi connectivity index (χ3v) is 2.57. The zero-order chi connectivity index (χ0) is 14.3. The summed E-state index contributed by atoms with van der Waals surface area (Å²) in [6.45, 7) is 5.62. The van der Waals surface area contributed by atoms with Crippen molar-refractivity contribution in [2.45, 2.75) is 26.4 Å². The summed E-state index contributed by atoms with van der Waals surface area (Å²) in [5.74, 6) is -2.17. The van der Waals surface area contributed by atoms with Crippen LogP contribution in [0.15, 0.2) is 42.5 Å². The van der Waals surface area contributed by atoms with E-state index < -0.39 is 17.9 Å². The Labute approximate surface area is 112 Å². The summed E-state index contributed by atoms with van der Waals surface area (Å²) >= 11 is 0. The molecule has 1 aromatic rings. The van der Waals surface area contributed by atoms with Gasteiger partial charge in [0.15, 0.2) is 0 Å². The van der Waals surface area contributed by atoms with E-state index in [9.17, 15) is 9.59 Å². The zero-order valence-corrected chi connectivity index (χ0v) is 11.0. The smallest absolute Gasteiger partial charge is 0.310 e. The Morgan fingerprint density at radius 1 is 1.26 bits per heavy atom. The highest BCUT2D eigenvalue weighted by Crippen LogP contribution is 2.17. The number of aliphatic carboxylic acids is 1. The van der Waals surface area contributed by atoms with Crippen LogP contribution in [0.2, 0.25) is 0 Å². The van der Waals surface area contributed by atoms with Gasteiger partial charge in [0.1, 0.15) is 6.61 Å². The standard InChI is InChI=1S/C15H18O4/c1-11(2)8-13(9-14(16)17)15(18)19-10-12-6-4-3-5-7-12/h3-7,13H,1,8-10H2,2H3,(H,16,17)/t13-/m1/s1. The van der Waals surface area contributed by atoms with Gasteiger partial charge < -0.3 is 9.84 Å². The quantitative estimate of drug-likeness (QED) is 0.606. The van der Waals surface area contributed by atoms with E-state index in [0.717, 1.165) is 11.1 Å². The maximum Gasteiger partial charge on any atom is 0.310 e. The molecule has 0 amide bonds. The van der Waals surface area contributed by atoms with Gasteiger partial charge in [-0.05, 0) is 18.9 Å². The van der Waals surface area contributed by atoms with E-state index in [1.165, 1.54) is 0 Å². The van der Waals surface area contributed by atoms with Gasteiger partial charge in [0.05, 0.1) is 12.3 Å². The van der Waals surface area contributed by atoms with Crippen molar-refractivity contribution in [3.8, 4) is 0 Å². The lowest BCUT2D eigenvalue weighted by molar-refractivity contribution is -0.154. The lowest BCUT2D eigenvalue weighted by Gasteiger charge is -2.14. The number of rotatable bonds is 7. The SMILES string of the molecule is C=C(C)C[C@H](CC(=O)O)C(=O)OCc1ccccc1. The first-order chi connectivity index (χ1) is 8.99. The van der Waals surface area contributed by atoms with Crippen LogP contribution in [0.5, 0.6) is 0 Å². The average molecular weight is 262 g/mol. The van der Waals surface area contributed by atoms with Gasteiger partial charge in [-0.1, -0.05) is 35.9 Å². The van der Waals surface area contributed by atoms with E-state index >= 15 is 0 Å². The van der Waals surface area contributed by atoms with Gasteiger partial charge in [-0.3, -0.25) is 9.59 Å². The van der Waals surface area contributed by atoms with Crippen LogP contribution in [0.4, 0.5) is 0 Å². The number of hydrogen-bond acceptors (Lipinski definition) is 3. The summed E-state index contributed by atoms with van der Waals surface area (Å²) in [6, 6.07) is 9.27. The number of carbonyl (C=O) groups excluding carboxylic acids is 1. The number of allylic oxidation sites excluding steroid dienone is 1. The summed E-state index contributed by atoms with van der Waals surface area (Å²) < 4.78 is 5.15. The average Bonchev–Trinajstić information content (AvgIpc) is 2.35. The highest BCUT2D eigenvalue weighted by atomic mass is 16.5. The number of ether oxygens (including phenoxy) is 1. The summed E-state index contributed by atoms with van der Waals surface area (Å²) in [4.78, 5) is 22.6. The van der Waals surface area contributed by atoms with Gasteiger partial charge in [-0.2, -0.15) is 0 Å². The molecule has 4 nitrogen and oxygen atoms in total. The van der Waals surface area contributed by atoms with E-state index in [4.69, 9.17) is 9.84 Å². The first kappa shape index (κ1) is 15.0. The molecule has 102 valence electrons. The Kier molecular flexibility index (Phi) is 5.79. The Bertz CT molecular complexity index is 434. The molecule has 0 aliphatic rings. The predicted octanol–water partition coefficient (Wildman–Crippen LogP) is 2.79. The highest BCUT2D eigenvalue weighted by Gasteiger charge is 2.23. The summed E-state index contributed by atoms with van der Waals surface area (Å²) in [6.07, 6.45) is 0.0976. The molecule has 4 heteroatoms. The monoisotopic (exact) mass is 262 g/mol. The molecule has 0 bridgehead atoms. The predicted molar refractivity (Wildman–Crippen MR) is 71.4 cm³/mol. The molecule has 0 saturated heterocycles. The molecule has 0 aliphatic carbocycles. The highest BCUT2D eigenvalue weighted by molar-refractivity contribution is 5.79. The summed E-state index contributed by atoms with van der Waals surface area (Å²) in [5.41, 5.74) is 1.64. The molecule has 0 heterocycles. The molecule has 0 radical (unpaired) electrons. The molecule has 0 fully saturated rings. The number of esters is 1. The molecular weight excluding hydrogens is 244 g/mol. The van der Waals surface area contributed by atoms with Gasteiger partial charge in [0.2, 0.25) is 0 Å². The van der Waals surface area contributed by atoms with Gasteiger partial charge in [0.25, 0.3) is 0 Å². The van der Waals surface area contributed by atoms with Crippen molar-refractivity contribution in [3.05, 3.63) is 48.0 Å². The lowest BCUT2D eigenvalue weighted by Crippen LogP contribution is -2.21. The van der Waals surface area contributed by atoms with Gasteiger partial charge in [0, 0.05) is 0 Å². The fraction of sp³-hybridized carbons (Fsp3) is 0.333. The minimum atomic E-state index is -1.01. The second-order valence-electron chi connectivity index (χ2n) is 4.55. The third kappa shape index (κ3) is 5.86. The van der Waals surface area contributed by atoms with Gasteiger partial charge in [-0.15, -0.1) is 6.58 Å². The fourth-order valence-corrected chi connectivity index (χ4v) is 1.72. The first-order valence-corrected chi connectivity index (χ1v) is 6.05. The molecular formula is C15H18O4. The minimum absolute atomic E-state index is 0.159. The molecule has 1 N–H and O–H groups in total.